The van der Waals surface area contributed by atoms with Crippen LogP contribution in [0.25, 0.3) is 5.69 Å². The van der Waals surface area contributed by atoms with Gasteiger partial charge in [0, 0.05) is 22.1 Å². The second-order valence-corrected chi connectivity index (χ2v) is 9.13. The molecule has 1 amide bonds. The van der Waals surface area contributed by atoms with E-state index in [0.29, 0.717) is 32.9 Å². The lowest BCUT2D eigenvalue weighted by molar-refractivity contribution is -0.115. The van der Waals surface area contributed by atoms with Crippen molar-refractivity contribution in [2.24, 2.45) is 0 Å². The highest BCUT2D eigenvalue weighted by atomic mass is 35.5. The first-order chi connectivity index (χ1) is 14.2. The van der Waals surface area contributed by atoms with Crippen molar-refractivity contribution in [2.45, 2.75) is 37.3 Å². The molecule has 0 atom stereocenters. The van der Waals surface area contributed by atoms with Gasteiger partial charge >= 0.3 is 0 Å². The molecule has 1 N–H and O–H groups in total. The number of anilines is 1. The van der Waals surface area contributed by atoms with E-state index in [0.717, 1.165) is 36.9 Å². The SMILES string of the molecule is N#Cc1c(NC(=O)CCSc2nnnn2-c2ccc(Cl)cc2)sc2c1CCCC2. The number of tetrazole rings is 1. The number of benzene rings is 1. The summed E-state index contributed by atoms with van der Waals surface area (Å²) in [6.07, 6.45) is 4.46. The molecule has 0 bridgehead atoms. The molecule has 0 saturated carbocycles. The number of nitrogens with one attached hydrogen (secondary N) is 1. The molecule has 1 aliphatic carbocycles. The van der Waals surface area contributed by atoms with Gasteiger partial charge in [0.15, 0.2) is 0 Å². The zero-order chi connectivity index (χ0) is 20.2. The highest BCUT2D eigenvalue weighted by molar-refractivity contribution is 7.99. The van der Waals surface area contributed by atoms with Crippen LogP contribution in [0.15, 0.2) is 29.4 Å². The molecule has 0 spiro atoms. The normalized spacial score (nSPS) is 13.0. The van der Waals surface area contributed by atoms with E-state index in [2.05, 4.69) is 26.9 Å². The molecule has 2 aromatic heterocycles. The van der Waals surface area contributed by atoms with Crippen molar-refractivity contribution in [1.29, 1.82) is 5.26 Å². The number of rotatable bonds is 6. The minimum absolute atomic E-state index is 0.113. The van der Waals surface area contributed by atoms with Gasteiger partial charge in [-0.1, -0.05) is 23.4 Å². The Balaban J connectivity index is 1.36. The number of amides is 1. The van der Waals surface area contributed by atoms with Crippen LogP contribution >= 0.6 is 34.7 Å². The molecule has 0 unspecified atom stereocenters. The second-order valence-electron chi connectivity index (χ2n) is 6.52. The van der Waals surface area contributed by atoms with Crippen molar-refractivity contribution in [3.63, 3.8) is 0 Å². The molecule has 29 heavy (non-hydrogen) atoms. The number of hydrogen-bond acceptors (Lipinski definition) is 7. The quantitative estimate of drug-likeness (QED) is 0.571. The summed E-state index contributed by atoms with van der Waals surface area (Å²) in [5, 5.41) is 26.1. The molecule has 0 radical (unpaired) electrons. The third-order valence-corrected chi connectivity index (χ3v) is 6.99. The molecule has 3 aromatic rings. The Morgan fingerprint density at radius 1 is 1.31 bits per heavy atom. The number of nitrogens with zero attached hydrogens (tertiary/aromatic N) is 5. The van der Waals surface area contributed by atoms with Crippen LogP contribution < -0.4 is 5.32 Å². The number of hydrogen-bond donors (Lipinski definition) is 1. The number of fused-ring (bicyclic) bond motifs is 1. The zero-order valence-corrected chi connectivity index (χ0v) is 17.8. The van der Waals surface area contributed by atoms with Gasteiger partial charge in [0.05, 0.1) is 11.3 Å². The summed E-state index contributed by atoms with van der Waals surface area (Å²) >= 11 is 8.86. The third kappa shape index (κ3) is 4.45. The van der Waals surface area contributed by atoms with Crippen LogP contribution in [-0.2, 0) is 17.6 Å². The summed E-state index contributed by atoms with van der Waals surface area (Å²) in [6.45, 7) is 0. The summed E-state index contributed by atoms with van der Waals surface area (Å²) in [6, 6.07) is 9.47. The molecule has 2 heterocycles. The minimum atomic E-state index is -0.113. The highest BCUT2D eigenvalue weighted by Gasteiger charge is 2.21. The molecular formula is C19H17ClN6OS2. The number of nitriles is 1. The van der Waals surface area contributed by atoms with E-state index >= 15 is 0 Å². The van der Waals surface area contributed by atoms with Crippen molar-refractivity contribution < 1.29 is 4.79 Å². The van der Waals surface area contributed by atoms with Crippen molar-refractivity contribution >= 4 is 45.6 Å². The lowest BCUT2D eigenvalue weighted by atomic mass is 9.96. The Morgan fingerprint density at radius 2 is 2.10 bits per heavy atom. The summed E-state index contributed by atoms with van der Waals surface area (Å²) in [7, 11) is 0. The fraction of sp³-hybridized carbons (Fsp3) is 0.316. The van der Waals surface area contributed by atoms with E-state index in [1.165, 1.54) is 28.0 Å². The Bertz CT molecular complexity index is 1070. The van der Waals surface area contributed by atoms with E-state index in [4.69, 9.17) is 11.6 Å². The van der Waals surface area contributed by atoms with Gasteiger partial charge in [-0.05, 0) is 65.9 Å². The number of carbonyl (C=O) groups excluding carboxylic acids is 1. The van der Waals surface area contributed by atoms with Crippen LogP contribution in [-0.4, -0.2) is 31.9 Å². The predicted molar refractivity (Wildman–Crippen MR) is 114 cm³/mol. The van der Waals surface area contributed by atoms with Crippen molar-refractivity contribution in [1.82, 2.24) is 20.2 Å². The van der Waals surface area contributed by atoms with E-state index in [1.807, 2.05) is 12.1 Å². The fourth-order valence-electron chi connectivity index (χ4n) is 3.21. The van der Waals surface area contributed by atoms with Crippen LogP contribution in [0.4, 0.5) is 5.00 Å². The van der Waals surface area contributed by atoms with Gasteiger partial charge in [-0.2, -0.15) is 9.94 Å². The predicted octanol–water partition coefficient (Wildman–Crippen LogP) is 4.25. The molecule has 1 aliphatic rings. The monoisotopic (exact) mass is 444 g/mol. The van der Waals surface area contributed by atoms with Gasteiger partial charge < -0.3 is 5.32 Å². The lowest BCUT2D eigenvalue weighted by Crippen LogP contribution is -2.12. The van der Waals surface area contributed by atoms with Crippen LogP contribution in [0.3, 0.4) is 0 Å². The smallest absolute Gasteiger partial charge is 0.225 e. The first-order valence-electron chi connectivity index (χ1n) is 9.17. The molecule has 4 rings (SSSR count). The van der Waals surface area contributed by atoms with Gasteiger partial charge in [-0.25, -0.2) is 0 Å². The number of carbonyl (C=O) groups is 1. The molecule has 1 aromatic carbocycles. The van der Waals surface area contributed by atoms with Crippen LogP contribution in [0.1, 0.15) is 35.3 Å². The molecule has 0 aliphatic heterocycles. The molecule has 10 heteroatoms. The summed E-state index contributed by atoms with van der Waals surface area (Å²) in [4.78, 5) is 13.6. The molecule has 7 nitrogen and oxygen atoms in total. The van der Waals surface area contributed by atoms with Crippen molar-refractivity contribution in [2.75, 3.05) is 11.1 Å². The number of thiophene rings is 1. The van der Waals surface area contributed by atoms with Crippen LogP contribution in [0, 0.1) is 11.3 Å². The van der Waals surface area contributed by atoms with Gasteiger partial charge in [0.2, 0.25) is 11.1 Å². The van der Waals surface area contributed by atoms with E-state index < -0.39 is 0 Å². The van der Waals surface area contributed by atoms with E-state index in [-0.39, 0.29) is 5.91 Å². The maximum atomic E-state index is 12.4. The Hall–Kier alpha value is -2.41. The van der Waals surface area contributed by atoms with Gasteiger partial charge in [0.25, 0.3) is 0 Å². The number of halogens is 1. The average molecular weight is 445 g/mol. The first kappa shape index (κ1) is 19.9. The largest absolute Gasteiger partial charge is 0.317 e. The highest BCUT2D eigenvalue weighted by Crippen LogP contribution is 2.37. The van der Waals surface area contributed by atoms with Crippen molar-refractivity contribution in [3.05, 3.63) is 45.3 Å². The van der Waals surface area contributed by atoms with Crippen LogP contribution in [0.2, 0.25) is 5.02 Å². The van der Waals surface area contributed by atoms with Crippen molar-refractivity contribution in [3.8, 4) is 11.8 Å². The minimum Gasteiger partial charge on any atom is -0.317 e. The Labute approximate surface area is 181 Å². The number of aromatic nitrogens is 4. The van der Waals surface area contributed by atoms with E-state index in [9.17, 15) is 10.1 Å². The molecular weight excluding hydrogens is 428 g/mol. The van der Waals surface area contributed by atoms with E-state index in [1.54, 1.807) is 16.8 Å². The molecule has 148 valence electrons. The summed E-state index contributed by atoms with van der Waals surface area (Å²) < 4.78 is 1.61. The second kappa shape index (κ2) is 8.95. The molecule has 0 fully saturated rings. The fourth-order valence-corrected chi connectivity index (χ4v) is 5.42. The Kier molecular flexibility index (Phi) is 6.13. The summed E-state index contributed by atoms with van der Waals surface area (Å²) in [5.41, 5.74) is 2.56. The average Bonchev–Trinajstić information content (AvgIpc) is 3.32. The molecule has 0 saturated heterocycles. The van der Waals surface area contributed by atoms with Gasteiger partial charge in [-0.3, -0.25) is 4.79 Å². The number of aryl methyl sites for hydroxylation is 1. The third-order valence-electron chi connectivity index (χ3n) is 4.61. The number of thioether (sulfide) groups is 1. The lowest BCUT2D eigenvalue weighted by Gasteiger charge is -2.09. The zero-order valence-electron chi connectivity index (χ0n) is 15.4. The summed E-state index contributed by atoms with van der Waals surface area (Å²) in [5.74, 6) is 0.408. The maximum absolute atomic E-state index is 12.4. The maximum Gasteiger partial charge on any atom is 0.225 e. The standard InChI is InChI=1S/C19H17ClN6OS2/c20-12-5-7-13(8-6-12)26-19(23-24-25-26)28-10-9-17(27)22-18-15(11-21)14-3-1-2-4-16(14)29-18/h5-8H,1-4,9-10H2,(H,22,27). The Morgan fingerprint density at radius 3 is 2.90 bits per heavy atom. The first-order valence-corrected chi connectivity index (χ1v) is 11.4. The van der Waals surface area contributed by atoms with Gasteiger partial charge in [0.1, 0.15) is 11.1 Å². The van der Waals surface area contributed by atoms with Gasteiger partial charge in [-0.15, -0.1) is 16.4 Å². The topological polar surface area (TPSA) is 96.5 Å². The van der Waals surface area contributed by atoms with Crippen LogP contribution in [0.5, 0.6) is 0 Å².